The van der Waals surface area contributed by atoms with Crippen molar-refractivity contribution in [1.29, 1.82) is 5.41 Å². The molecule has 1 unspecified atom stereocenters. The summed E-state index contributed by atoms with van der Waals surface area (Å²) in [6.07, 6.45) is 0.252. The van der Waals surface area contributed by atoms with E-state index in [1.807, 2.05) is 25.1 Å². The van der Waals surface area contributed by atoms with Crippen molar-refractivity contribution < 1.29 is 4.74 Å². The summed E-state index contributed by atoms with van der Waals surface area (Å²) in [6, 6.07) is 5.79. The number of ether oxygens (including phenoxy) is 1. The molecule has 0 aromatic heterocycles. The van der Waals surface area contributed by atoms with E-state index < -0.39 is 0 Å². The molecule has 0 aliphatic heterocycles. The molecule has 3 N–H and O–H groups in total. The standard InChI is InChI=1S/C14H22N2O/c1-9(2)11(4)17-8-13-6-5-12(14(15)16)7-10(13)3/h5-7,9,11H,8H2,1-4H3,(H3,15,16). The molecule has 1 aromatic carbocycles. The van der Waals surface area contributed by atoms with E-state index in [0.717, 1.165) is 16.7 Å². The quantitative estimate of drug-likeness (QED) is 0.608. The van der Waals surface area contributed by atoms with Gasteiger partial charge in [0.25, 0.3) is 0 Å². The fourth-order valence-electron chi connectivity index (χ4n) is 1.44. The zero-order valence-corrected chi connectivity index (χ0v) is 11.1. The number of nitrogens with one attached hydrogen (secondary N) is 1. The van der Waals surface area contributed by atoms with Crippen LogP contribution in [-0.4, -0.2) is 11.9 Å². The van der Waals surface area contributed by atoms with E-state index in [4.69, 9.17) is 15.9 Å². The van der Waals surface area contributed by atoms with Crippen LogP contribution in [0.25, 0.3) is 0 Å². The van der Waals surface area contributed by atoms with Gasteiger partial charge in [0.05, 0.1) is 12.7 Å². The Labute approximate surface area is 103 Å². The SMILES string of the molecule is Cc1cc(C(=N)N)ccc1COC(C)C(C)C. The van der Waals surface area contributed by atoms with Crippen LogP contribution in [-0.2, 0) is 11.3 Å². The molecule has 0 saturated heterocycles. The molecule has 0 aliphatic rings. The number of nitrogen functional groups attached to an aromatic ring is 1. The highest BCUT2D eigenvalue weighted by atomic mass is 16.5. The second kappa shape index (κ2) is 5.82. The van der Waals surface area contributed by atoms with E-state index in [-0.39, 0.29) is 11.9 Å². The third kappa shape index (κ3) is 3.86. The smallest absolute Gasteiger partial charge is 0.122 e. The maximum atomic E-state index is 7.38. The molecule has 0 amide bonds. The zero-order valence-electron chi connectivity index (χ0n) is 11.1. The average Bonchev–Trinajstić information content (AvgIpc) is 2.26. The summed E-state index contributed by atoms with van der Waals surface area (Å²) in [4.78, 5) is 0. The van der Waals surface area contributed by atoms with Crippen molar-refractivity contribution in [3.63, 3.8) is 0 Å². The largest absolute Gasteiger partial charge is 0.384 e. The van der Waals surface area contributed by atoms with Crippen molar-refractivity contribution >= 4 is 5.84 Å². The number of benzene rings is 1. The van der Waals surface area contributed by atoms with Gasteiger partial charge < -0.3 is 10.5 Å². The molecule has 0 radical (unpaired) electrons. The molecule has 0 fully saturated rings. The molecule has 1 rings (SSSR count). The van der Waals surface area contributed by atoms with Gasteiger partial charge in [-0.25, -0.2) is 0 Å². The van der Waals surface area contributed by atoms with Crippen molar-refractivity contribution in [3.05, 3.63) is 34.9 Å². The fourth-order valence-corrected chi connectivity index (χ4v) is 1.44. The van der Waals surface area contributed by atoms with Gasteiger partial charge in [0.2, 0.25) is 0 Å². The number of rotatable bonds is 5. The lowest BCUT2D eigenvalue weighted by Crippen LogP contribution is -2.16. The summed E-state index contributed by atoms with van der Waals surface area (Å²) in [5, 5.41) is 7.38. The van der Waals surface area contributed by atoms with Gasteiger partial charge in [0.1, 0.15) is 5.84 Å². The Morgan fingerprint density at radius 3 is 2.47 bits per heavy atom. The van der Waals surface area contributed by atoms with Crippen LogP contribution in [0.2, 0.25) is 0 Å². The van der Waals surface area contributed by atoms with Crippen LogP contribution in [0.15, 0.2) is 18.2 Å². The first-order valence-corrected chi connectivity index (χ1v) is 5.97. The van der Waals surface area contributed by atoms with Crippen LogP contribution < -0.4 is 5.73 Å². The first-order chi connectivity index (χ1) is 7.91. The second-order valence-corrected chi connectivity index (χ2v) is 4.82. The first kappa shape index (κ1) is 13.7. The van der Waals surface area contributed by atoms with Gasteiger partial charge >= 0.3 is 0 Å². The van der Waals surface area contributed by atoms with Gasteiger partial charge in [-0.2, -0.15) is 0 Å². The number of hydrogen-bond acceptors (Lipinski definition) is 2. The molecule has 94 valence electrons. The highest BCUT2D eigenvalue weighted by Gasteiger charge is 2.08. The summed E-state index contributed by atoms with van der Waals surface area (Å²) in [5.41, 5.74) is 8.49. The van der Waals surface area contributed by atoms with Crippen molar-refractivity contribution in [2.45, 2.75) is 40.4 Å². The molecule has 1 atom stereocenters. The van der Waals surface area contributed by atoms with E-state index in [2.05, 4.69) is 20.8 Å². The summed E-state index contributed by atoms with van der Waals surface area (Å²) in [6.45, 7) is 9.02. The zero-order chi connectivity index (χ0) is 13.0. The summed E-state index contributed by atoms with van der Waals surface area (Å²) < 4.78 is 5.79. The maximum absolute atomic E-state index is 7.38. The van der Waals surface area contributed by atoms with E-state index in [9.17, 15) is 0 Å². The summed E-state index contributed by atoms with van der Waals surface area (Å²) >= 11 is 0. The Morgan fingerprint density at radius 1 is 1.35 bits per heavy atom. The van der Waals surface area contributed by atoms with Crippen molar-refractivity contribution in [1.82, 2.24) is 0 Å². The minimum Gasteiger partial charge on any atom is -0.384 e. The Bertz CT molecular complexity index is 399. The molecule has 0 spiro atoms. The molecule has 3 nitrogen and oxygen atoms in total. The molecule has 0 aliphatic carbocycles. The Balaban J connectivity index is 2.70. The van der Waals surface area contributed by atoms with Crippen LogP contribution >= 0.6 is 0 Å². The third-order valence-corrected chi connectivity index (χ3v) is 3.09. The minimum atomic E-state index is 0.108. The molecule has 0 heterocycles. The van der Waals surface area contributed by atoms with Gasteiger partial charge in [-0.05, 0) is 37.0 Å². The highest BCUT2D eigenvalue weighted by Crippen LogP contribution is 2.14. The third-order valence-electron chi connectivity index (χ3n) is 3.09. The van der Waals surface area contributed by atoms with Gasteiger partial charge in [-0.3, -0.25) is 5.41 Å². The van der Waals surface area contributed by atoms with Crippen LogP contribution in [0, 0.1) is 18.3 Å². The minimum absolute atomic E-state index is 0.108. The summed E-state index contributed by atoms with van der Waals surface area (Å²) in [5.74, 6) is 0.628. The number of hydrogen-bond donors (Lipinski definition) is 2. The molecule has 3 heteroatoms. The Morgan fingerprint density at radius 2 is 2.00 bits per heavy atom. The van der Waals surface area contributed by atoms with Gasteiger partial charge in [0, 0.05) is 5.56 Å². The van der Waals surface area contributed by atoms with E-state index in [1.54, 1.807) is 0 Å². The average molecular weight is 234 g/mol. The van der Waals surface area contributed by atoms with Gasteiger partial charge in [-0.15, -0.1) is 0 Å². The number of amidine groups is 1. The number of nitrogens with two attached hydrogens (primary N) is 1. The lowest BCUT2D eigenvalue weighted by Gasteiger charge is -2.17. The molecule has 0 saturated carbocycles. The van der Waals surface area contributed by atoms with E-state index in [0.29, 0.717) is 12.5 Å². The van der Waals surface area contributed by atoms with Gasteiger partial charge in [0.15, 0.2) is 0 Å². The topological polar surface area (TPSA) is 59.1 Å². The van der Waals surface area contributed by atoms with Crippen molar-refractivity contribution in [2.75, 3.05) is 0 Å². The lowest BCUT2D eigenvalue weighted by molar-refractivity contribution is 0.0233. The summed E-state index contributed by atoms with van der Waals surface area (Å²) in [7, 11) is 0. The Hall–Kier alpha value is -1.35. The van der Waals surface area contributed by atoms with Crippen LogP contribution in [0.3, 0.4) is 0 Å². The molecular weight excluding hydrogens is 212 g/mol. The number of aryl methyl sites for hydroxylation is 1. The molecule has 1 aromatic rings. The molecular formula is C14H22N2O. The Kier molecular flexibility index (Phi) is 4.70. The predicted octanol–water partition coefficient (Wildman–Crippen LogP) is 2.84. The highest BCUT2D eigenvalue weighted by molar-refractivity contribution is 5.95. The van der Waals surface area contributed by atoms with Crippen LogP contribution in [0.1, 0.15) is 37.5 Å². The first-order valence-electron chi connectivity index (χ1n) is 5.97. The van der Waals surface area contributed by atoms with Crippen molar-refractivity contribution in [3.8, 4) is 0 Å². The maximum Gasteiger partial charge on any atom is 0.122 e. The normalized spacial score (nSPS) is 12.8. The van der Waals surface area contributed by atoms with E-state index >= 15 is 0 Å². The molecule has 0 bridgehead atoms. The second-order valence-electron chi connectivity index (χ2n) is 4.82. The lowest BCUT2D eigenvalue weighted by atomic mass is 10.0. The van der Waals surface area contributed by atoms with Crippen molar-refractivity contribution in [2.24, 2.45) is 11.7 Å². The van der Waals surface area contributed by atoms with Crippen LogP contribution in [0.5, 0.6) is 0 Å². The molecule has 17 heavy (non-hydrogen) atoms. The predicted molar refractivity (Wildman–Crippen MR) is 71.3 cm³/mol. The van der Waals surface area contributed by atoms with E-state index in [1.165, 1.54) is 0 Å². The van der Waals surface area contributed by atoms with Gasteiger partial charge in [-0.1, -0.05) is 26.0 Å². The fraction of sp³-hybridized carbons (Fsp3) is 0.500. The van der Waals surface area contributed by atoms with Crippen LogP contribution in [0.4, 0.5) is 0 Å². The monoisotopic (exact) mass is 234 g/mol.